The van der Waals surface area contributed by atoms with Gasteiger partial charge in [0.15, 0.2) is 5.79 Å². The third-order valence-electron chi connectivity index (χ3n) is 2.80. The molecule has 0 atom stereocenters. The zero-order valence-corrected chi connectivity index (χ0v) is 10.8. The van der Waals surface area contributed by atoms with Gasteiger partial charge in [0.05, 0.1) is 13.2 Å². The van der Waals surface area contributed by atoms with Crippen LogP contribution in [0.15, 0.2) is 16.6 Å². The molecule has 1 fully saturated rings. The summed E-state index contributed by atoms with van der Waals surface area (Å²) in [5.41, 5.74) is 3.52. The van der Waals surface area contributed by atoms with Crippen molar-refractivity contribution in [1.29, 1.82) is 0 Å². The summed E-state index contributed by atoms with van der Waals surface area (Å²) in [6, 6.07) is 4.23. The summed E-state index contributed by atoms with van der Waals surface area (Å²) in [4.78, 5) is 0. The van der Waals surface area contributed by atoms with Gasteiger partial charge in [0.1, 0.15) is 0 Å². The molecule has 0 saturated carbocycles. The predicted molar refractivity (Wildman–Crippen MR) is 62.9 cm³/mol. The molecule has 1 aliphatic rings. The average Bonchev–Trinajstić information content (AvgIpc) is 2.62. The molecule has 1 aliphatic heterocycles. The Labute approximate surface area is 98.7 Å². The van der Waals surface area contributed by atoms with Crippen molar-refractivity contribution in [3.8, 4) is 0 Å². The third-order valence-corrected chi connectivity index (χ3v) is 4.05. The molecule has 1 aromatic rings. The Morgan fingerprint density at radius 3 is 2.07 bits per heavy atom. The van der Waals surface area contributed by atoms with E-state index in [4.69, 9.17) is 9.47 Å². The van der Waals surface area contributed by atoms with Crippen LogP contribution >= 0.6 is 15.9 Å². The van der Waals surface area contributed by atoms with Crippen molar-refractivity contribution in [3.05, 3.63) is 33.3 Å². The summed E-state index contributed by atoms with van der Waals surface area (Å²) >= 11 is 3.56. The van der Waals surface area contributed by atoms with E-state index in [-0.39, 0.29) is 0 Å². The molecule has 1 heterocycles. The zero-order valence-electron chi connectivity index (χ0n) is 9.26. The summed E-state index contributed by atoms with van der Waals surface area (Å²) < 4.78 is 12.4. The van der Waals surface area contributed by atoms with Gasteiger partial charge in [-0.2, -0.15) is 0 Å². The fourth-order valence-electron chi connectivity index (χ4n) is 1.89. The van der Waals surface area contributed by atoms with Crippen LogP contribution in [0, 0.1) is 13.8 Å². The van der Waals surface area contributed by atoms with E-state index in [1.165, 1.54) is 11.1 Å². The number of ether oxygens (including phenoxy) is 2. The number of hydrogen-bond donors (Lipinski definition) is 0. The van der Waals surface area contributed by atoms with Crippen LogP contribution in [0.1, 0.15) is 23.6 Å². The molecule has 0 aliphatic carbocycles. The molecule has 0 unspecified atom stereocenters. The molecule has 2 rings (SSSR count). The van der Waals surface area contributed by atoms with Gasteiger partial charge in [0.2, 0.25) is 0 Å². The fraction of sp³-hybridized carbons (Fsp3) is 0.500. The lowest BCUT2D eigenvalue weighted by molar-refractivity contribution is -0.149. The maximum absolute atomic E-state index is 5.64. The van der Waals surface area contributed by atoms with Gasteiger partial charge < -0.3 is 9.47 Å². The summed E-state index contributed by atoms with van der Waals surface area (Å²) in [5.74, 6) is -0.559. The Balaban J connectivity index is 2.45. The van der Waals surface area contributed by atoms with Crippen molar-refractivity contribution in [2.45, 2.75) is 26.6 Å². The van der Waals surface area contributed by atoms with Crippen molar-refractivity contribution in [1.82, 2.24) is 0 Å². The standard InChI is InChI=1S/C12H15BrO2/c1-8-6-10(7-9(2)11(8)13)12(3)14-4-5-15-12/h6-7H,4-5H2,1-3H3. The minimum Gasteiger partial charge on any atom is -0.344 e. The van der Waals surface area contributed by atoms with E-state index in [0.29, 0.717) is 13.2 Å². The minimum atomic E-state index is -0.559. The quantitative estimate of drug-likeness (QED) is 0.780. The number of rotatable bonds is 1. The number of benzene rings is 1. The molecule has 15 heavy (non-hydrogen) atoms. The van der Waals surface area contributed by atoms with Gasteiger partial charge >= 0.3 is 0 Å². The molecule has 0 amide bonds. The highest BCUT2D eigenvalue weighted by atomic mass is 79.9. The lowest BCUT2D eigenvalue weighted by Gasteiger charge is -2.24. The fourth-order valence-corrected chi connectivity index (χ4v) is 2.12. The van der Waals surface area contributed by atoms with Gasteiger partial charge in [-0.25, -0.2) is 0 Å². The summed E-state index contributed by atoms with van der Waals surface area (Å²) in [6.07, 6.45) is 0. The van der Waals surface area contributed by atoms with Crippen molar-refractivity contribution in [2.24, 2.45) is 0 Å². The second-order valence-corrected chi connectivity index (χ2v) is 4.86. The SMILES string of the molecule is Cc1cc(C2(C)OCCO2)cc(C)c1Br. The molecule has 0 bridgehead atoms. The van der Waals surface area contributed by atoms with Crippen LogP contribution in [0.25, 0.3) is 0 Å². The van der Waals surface area contributed by atoms with Gasteiger partial charge in [-0.15, -0.1) is 0 Å². The van der Waals surface area contributed by atoms with Crippen LogP contribution in [0.4, 0.5) is 0 Å². The van der Waals surface area contributed by atoms with Gasteiger partial charge in [-0.3, -0.25) is 0 Å². The largest absolute Gasteiger partial charge is 0.344 e. The van der Waals surface area contributed by atoms with Crippen LogP contribution in [0.3, 0.4) is 0 Å². The predicted octanol–water partition coefficient (Wildman–Crippen LogP) is 3.29. The molecular formula is C12H15BrO2. The zero-order chi connectivity index (χ0) is 11.1. The van der Waals surface area contributed by atoms with Crippen LogP contribution in [-0.2, 0) is 15.3 Å². The Kier molecular flexibility index (Phi) is 2.88. The number of hydrogen-bond acceptors (Lipinski definition) is 2. The highest BCUT2D eigenvalue weighted by Crippen LogP contribution is 2.34. The molecule has 0 N–H and O–H groups in total. The van der Waals surface area contributed by atoms with E-state index in [0.717, 1.165) is 10.0 Å². The van der Waals surface area contributed by atoms with E-state index in [1.807, 2.05) is 6.92 Å². The second kappa shape index (κ2) is 3.89. The number of aryl methyl sites for hydroxylation is 2. The Hall–Kier alpha value is -0.380. The van der Waals surface area contributed by atoms with E-state index < -0.39 is 5.79 Å². The van der Waals surface area contributed by atoms with Crippen LogP contribution < -0.4 is 0 Å². The average molecular weight is 271 g/mol. The summed E-state index contributed by atoms with van der Waals surface area (Å²) in [5, 5.41) is 0. The summed E-state index contributed by atoms with van der Waals surface area (Å²) in [7, 11) is 0. The highest BCUT2D eigenvalue weighted by Gasteiger charge is 2.33. The smallest absolute Gasteiger partial charge is 0.192 e. The first-order valence-electron chi connectivity index (χ1n) is 5.08. The van der Waals surface area contributed by atoms with E-state index in [1.54, 1.807) is 0 Å². The molecule has 0 aromatic heterocycles. The van der Waals surface area contributed by atoms with Crippen LogP contribution in [-0.4, -0.2) is 13.2 Å². The lowest BCUT2D eigenvalue weighted by Crippen LogP contribution is -2.22. The first-order chi connectivity index (χ1) is 7.03. The van der Waals surface area contributed by atoms with Crippen LogP contribution in [0.5, 0.6) is 0 Å². The second-order valence-electron chi connectivity index (χ2n) is 4.07. The van der Waals surface area contributed by atoms with Gasteiger partial charge in [-0.1, -0.05) is 15.9 Å². The maximum Gasteiger partial charge on any atom is 0.192 e. The normalized spacial score (nSPS) is 19.5. The first-order valence-corrected chi connectivity index (χ1v) is 5.87. The van der Waals surface area contributed by atoms with E-state index in [2.05, 4.69) is 41.9 Å². The molecular weight excluding hydrogens is 256 g/mol. The Bertz CT molecular complexity index is 358. The molecule has 0 spiro atoms. The monoisotopic (exact) mass is 270 g/mol. The van der Waals surface area contributed by atoms with Crippen molar-refractivity contribution >= 4 is 15.9 Å². The highest BCUT2D eigenvalue weighted by molar-refractivity contribution is 9.10. The van der Waals surface area contributed by atoms with Crippen molar-refractivity contribution in [3.63, 3.8) is 0 Å². The molecule has 1 saturated heterocycles. The molecule has 82 valence electrons. The number of halogens is 1. The minimum absolute atomic E-state index is 0.559. The van der Waals surface area contributed by atoms with Gasteiger partial charge in [-0.05, 0) is 44.0 Å². The van der Waals surface area contributed by atoms with Gasteiger partial charge in [0.25, 0.3) is 0 Å². The van der Waals surface area contributed by atoms with Gasteiger partial charge in [0, 0.05) is 10.0 Å². The topological polar surface area (TPSA) is 18.5 Å². The molecule has 0 radical (unpaired) electrons. The maximum atomic E-state index is 5.64. The van der Waals surface area contributed by atoms with Crippen LogP contribution in [0.2, 0.25) is 0 Å². The summed E-state index contributed by atoms with van der Waals surface area (Å²) in [6.45, 7) is 7.48. The van der Waals surface area contributed by atoms with E-state index in [9.17, 15) is 0 Å². The van der Waals surface area contributed by atoms with Crippen molar-refractivity contribution < 1.29 is 9.47 Å². The lowest BCUT2D eigenvalue weighted by atomic mass is 10.0. The Morgan fingerprint density at radius 2 is 1.60 bits per heavy atom. The van der Waals surface area contributed by atoms with E-state index >= 15 is 0 Å². The Morgan fingerprint density at radius 1 is 1.13 bits per heavy atom. The molecule has 2 nitrogen and oxygen atoms in total. The third kappa shape index (κ3) is 1.96. The first kappa shape index (κ1) is 11.1. The molecule has 3 heteroatoms. The van der Waals surface area contributed by atoms with Crippen molar-refractivity contribution in [2.75, 3.05) is 13.2 Å². The molecule has 1 aromatic carbocycles.